The van der Waals surface area contributed by atoms with Crippen LogP contribution in [0.2, 0.25) is 0 Å². The Bertz CT molecular complexity index is 313. The van der Waals surface area contributed by atoms with Crippen LogP contribution in [0.5, 0.6) is 0 Å². The van der Waals surface area contributed by atoms with Crippen LogP contribution in [0.4, 0.5) is 9.18 Å². The second-order valence-electron chi connectivity index (χ2n) is 6.58. The average Bonchev–Trinajstić information content (AvgIpc) is 2.24. The molecule has 0 saturated carbocycles. The van der Waals surface area contributed by atoms with Gasteiger partial charge >= 0.3 is 6.09 Å². The van der Waals surface area contributed by atoms with Gasteiger partial charge in [-0.05, 0) is 53.5 Å². The molecule has 4 nitrogen and oxygen atoms in total. The van der Waals surface area contributed by atoms with Gasteiger partial charge < -0.3 is 15.4 Å². The van der Waals surface area contributed by atoms with Crippen molar-refractivity contribution in [2.24, 2.45) is 11.7 Å². The Balaban J connectivity index is 2.61. The number of hydrogen-bond acceptors (Lipinski definition) is 3. The number of alkyl halides is 1. The lowest BCUT2D eigenvalue weighted by atomic mass is 9.81. The normalized spacial score (nSPS) is 28.3. The smallest absolute Gasteiger partial charge is 0.410 e. The van der Waals surface area contributed by atoms with E-state index in [0.717, 1.165) is 6.42 Å². The lowest BCUT2D eigenvalue weighted by Gasteiger charge is -2.41. The predicted octanol–water partition coefficient (Wildman–Crippen LogP) is 2.71. The molecule has 1 aliphatic heterocycles. The molecule has 1 amide bonds. The first-order chi connectivity index (χ1) is 8.65. The predicted molar refractivity (Wildman–Crippen MR) is 73.7 cm³/mol. The van der Waals surface area contributed by atoms with Gasteiger partial charge in [0.25, 0.3) is 0 Å². The number of carbonyl (C=O) groups excluding carboxylic acids is 1. The molecule has 1 fully saturated rings. The minimum absolute atomic E-state index is 0.155. The number of halogens is 1. The molecule has 0 aromatic rings. The minimum Gasteiger partial charge on any atom is -0.444 e. The second-order valence-corrected chi connectivity index (χ2v) is 6.58. The highest BCUT2D eigenvalue weighted by Crippen LogP contribution is 2.34. The Hall–Kier alpha value is -0.840. The van der Waals surface area contributed by atoms with Gasteiger partial charge in [-0.3, -0.25) is 0 Å². The van der Waals surface area contributed by atoms with Crippen molar-refractivity contribution >= 4 is 6.09 Å². The van der Waals surface area contributed by atoms with Crippen molar-refractivity contribution in [3.63, 3.8) is 0 Å². The van der Waals surface area contributed by atoms with E-state index in [9.17, 15) is 9.18 Å². The molecule has 112 valence electrons. The molecule has 0 aliphatic carbocycles. The van der Waals surface area contributed by atoms with Gasteiger partial charge in [0.1, 0.15) is 11.3 Å². The van der Waals surface area contributed by atoms with E-state index in [0.29, 0.717) is 32.5 Å². The highest BCUT2D eigenvalue weighted by Gasteiger charge is 2.41. The molecule has 2 atom stereocenters. The number of likely N-dealkylation sites (tertiary alicyclic amines) is 1. The van der Waals surface area contributed by atoms with Gasteiger partial charge in [0.05, 0.1) is 0 Å². The van der Waals surface area contributed by atoms with E-state index in [1.807, 2.05) is 20.8 Å². The fourth-order valence-electron chi connectivity index (χ4n) is 2.35. The molecule has 1 aliphatic rings. The molecule has 0 radical (unpaired) electrons. The van der Waals surface area contributed by atoms with Gasteiger partial charge in [-0.2, -0.15) is 0 Å². The van der Waals surface area contributed by atoms with E-state index in [4.69, 9.17) is 10.5 Å². The van der Waals surface area contributed by atoms with Gasteiger partial charge in [-0.15, -0.1) is 0 Å². The second kappa shape index (κ2) is 6.07. The fourth-order valence-corrected chi connectivity index (χ4v) is 2.35. The van der Waals surface area contributed by atoms with Gasteiger partial charge in [0.2, 0.25) is 0 Å². The van der Waals surface area contributed by atoms with Crippen molar-refractivity contribution in [3.05, 3.63) is 0 Å². The zero-order chi connectivity index (χ0) is 14.7. The van der Waals surface area contributed by atoms with Crippen LogP contribution in [-0.4, -0.2) is 41.9 Å². The quantitative estimate of drug-likeness (QED) is 0.861. The first-order valence-electron chi connectivity index (χ1n) is 7.02. The van der Waals surface area contributed by atoms with Crippen LogP contribution in [0.3, 0.4) is 0 Å². The van der Waals surface area contributed by atoms with Crippen molar-refractivity contribution in [2.75, 3.05) is 19.6 Å². The van der Waals surface area contributed by atoms with Crippen LogP contribution >= 0.6 is 0 Å². The molecule has 1 saturated heterocycles. The zero-order valence-corrected chi connectivity index (χ0v) is 12.5. The molecule has 1 heterocycles. The summed E-state index contributed by atoms with van der Waals surface area (Å²) in [6.07, 6.45) is 1.51. The van der Waals surface area contributed by atoms with Crippen LogP contribution in [0.1, 0.15) is 47.0 Å². The van der Waals surface area contributed by atoms with Crippen molar-refractivity contribution in [3.8, 4) is 0 Å². The molecule has 0 bridgehead atoms. The first kappa shape index (κ1) is 16.2. The molecule has 19 heavy (non-hydrogen) atoms. The summed E-state index contributed by atoms with van der Waals surface area (Å²) in [6.45, 7) is 8.52. The summed E-state index contributed by atoms with van der Waals surface area (Å²) in [7, 11) is 0. The molecular formula is C14H27FN2O2. The number of amides is 1. The monoisotopic (exact) mass is 274 g/mol. The average molecular weight is 274 g/mol. The number of hydrogen-bond donors (Lipinski definition) is 1. The molecule has 0 spiro atoms. The lowest BCUT2D eigenvalue weighted by molar-refractivity contribution is -0.0190. The summed E-state index contributed by atoms with van der Waals surface area (Å²) in [6, 6.07) is 0. The van der Waals surface area contributed by atoms with E-state index < -0.39 is 11.3 Å². The van der Waals surface area contributed by atoms with Crippen LogP contribution in [0.25, 0.3) is 0 Å². The maximum absolute atomic E-state index is 14.4. The van der Waals surface area contributed by atoms with Gasteiger partial charge in [-0.1, -0.05) is 0 Å². The molecular weight excluding hydrogens is 247 g/mol. The zero-order valence-electron chi connectivity index (χ0n) is 12.5. The Morgan fingerprint density at radius 3 is 2.68 bits per heavy atom. The Morgan fingerprint density at radius 1 is 1.53 bits per heavy atom. The van der Waals surface area contributed by atoms with Crippen molar-refractivity contribution in [1.82, 2.24) is 4.90 Å². The Kier molecular flexibility index (Phi) is 5.18. The third kappa shape index (κ3) is 4.97. The maximum atomic E-state index is 14.4. The van der Waals surface area contributed by atoms with Crippen LogP contribution in [0.15, 0.2) is 0 Å². The van der Waals surface area contributed by atoms with E-state index in [2.05, 4.69) is 0 Å². The summed E-state index contributed by atoms with van der Waals surface area (Å²) < 4.78 is 19.8. The minimum atomic E-state index is -1.21. The van der Waals surface area contributed by atoms with Gasteiger partial charge in [-0.25, -0.2) is 9.18 Å². The summed E-state index contributed by atoms with van der Waals surface area (Å²) in [5.74, 6) is -0.155. The van der Waals surface area contributed by atoms with E-state index in [1.165, 1.54) is 0 Å². The highest BCUT2D eigenvalue weighted by atomic mass is 19.1. The van der Waals surface area contributed by atoms with E-state index in [-0.39, 0.29) is 12.0 Å². The standard InChI is InChI=1S/C14H27FN2O2/c1-13(2,3)19-12(18)17-9-7-14(4,15)11(10-17)6-5-8-16/h11H,5-10,16H2,1-4H3. The van der Waals surface area contributed by atoms with Crippen molar-refractivity contribution in [1.29, 1.82) is 0 Å². The summed E-state index contributed by atoms with van der Waals surface area (Å²) in [5, 5.41) is 0. The SMILES string of the molecule is CC(C)(C)OC(=O)N1CCC(C)(F)C(CCCN)C1. The third-order valence-corrected chi connectivity index (χ3v) is 3.57. The van der Waals surface area contributed by atoms with Crippen LogP contribution < -0.4 is 5.73 Å². The topological polar surface area (TPSA) is 55.6 Å². The number of nitrogens with two attached hydrogens (primary N) is 1. The first-order valence-corrected chi connectivity index (χ1v) is 7.02. The fraction of sp³-hybridized carbons (Fsp3) is 0.929. The van der Waals surface area contributed by atoms with Gasteiger partial charge in [0.15, 0.2) is 0 Å². The molecule has 2 unspecified atom stereocenters. The molecule has 1 rings (SSSR count). The number of nitrogens with zero attached hydrogens (tertiary/aromatic N) is 1. The number of rotatable bonds is 3. The summed E-state index contributed by atoms with van der Waals surface area (Å²) >= 11 is 0. The van der Waals surface area contributed by atoms with Crippen molar-refractivity contribution in [2.45, 2.75) is 58.2 Å². The molecule has 5 heteroatoms. The highest BCUT2D eigenvalue weighted by molar-refractivity contribution is 5.68. The molecule has 2 N–H and O–H groups in total. The molecule has 0 aromatic heterocycles. The largest absolute Gasteiger partial charge is 0.444 e. The van der Waals surface area contributed by atoms with E-state index in [1.54, 1.807) is 11.8 Å². The van der Waals surface area contributed by atoms with Crippen LogP contribution in [-0.2, 0) is 4.74 Å². The Morgan fingerprint density at radius 2 is 2.16 bits per heavy atom. The Labute approximate surface area is 115 Å². The lowest BCUT2D eigenvalue weighted by Crippen LogP contribution is -2.51. The van der Waals surface area contributed by atoms with Crippen LogP contribution in [0, 0.1) is 5.92 Å². The van der Waals surface area contributed by atoms with Crippen molar-refractivity contribution < 1.29 is 13.9 Å². The van der Waals surface area contributed by atoms with Gasteiger partial charge in [0, 0.05) is 19.0 Å². The number of carbonyl (C=O) groups is 1. The molecule has 0 aromatic carbocycles. The summed E-state index contributed by atoms with van der Waals surface area (Å²) in [5.41, 5.74) is 3.76. The maximum Gasteiger partial charge on any atom is 0.410 e. The summed E-state index contributed by atoms with van der Waals surface area (Å²) in [4.78, 5) is 13.6. The number of piperidine rings is 1. The van der Waals surface area contributed by atoms with E-state index >= 15 is 0 Å². The third-order valence-electron chi connectivity index (χ3n) is 3.57. The number of ether oxygens (including phenoxy) is 1.